The molecular formula is C25H31FN2O5. The first-order chi connectivity index (χ1) is 15.9. The molecule has 178 valence electrons. The highest BCUT2D eigenvalue weighted by Gasteiger charge is 2.40. The summed E-state index contributed by atoms with van der Waals surface area (Å²) in [7, 11) is 3.13. The van der Waals surface area contributed by atoms with E-state index in [2.05, 4.69) is 9.97 Å². The van der Waals surface area contributed by atoms with Crippen LogP contribution in [0.25, 0.3) is 0 Å². The molecule has 2 aromatic rings. The van der Waals surface area contributed by atoms with E-state index in [1.165, 1.54) is 13.3 Å². The first-order valence-electron chi connectivity index (χ1n) is 11.5. The van der Waals surface area contributed by atoms with Gasteiger partial charge in [0.1, 0.15) is 5.82 Å². The van der Waals surface area contributed by atoms with Gasteiger partial charge in [-0.25, -0.2) is 14.4 Å². The molecule has 2 heterocycles. The molecule has 0 spiro atoms. The number of methoxy groups -OCH3 is 2. The van der Waals surface area contributed by atoms with E-state index in [4.69, 9.17) is 14.2 Å². The van der Waals surface area contributed by atoms with Crippen molar-refractivity contribution in [1.29, 1.82) is 0 Å². The fraction of sp³-hybridized carbons (Fsp3) is 0.560. The van der Waals surface area contributed by atoms with Crippen molar-refractivity contribution in [2.45, 2.75) is 56.5 Å². The maximum Gasteiger partial charge on any atom is 0.303 e. The number of pyridine rings is 2. The minimum Gasteiger partial charge on any atom is -0.481 e. The van der Waals surface area contributed by atoms with Crippen molar-refractivity contribution in [3.05, 3.63) is 47.5 Å². The van der Waals surface area contributed by atoms with E-state index in [-0.39, 0.29) is 18.2 Å². The predicted octanol–water partition coefficient (Wildman–Crippen LogP) is 4.70. The van der Waals surface area contributed by atoms with Gasteiger partial charge < -0.3 is 19.3 Å². The maximum absolute atomic E-state index is 14.6. The Morgan fingerprint density at radius 1 is 1.18 bits per heavy atom. The van der Waals surface area contributed by atoms with Crippen molar-refractivity contribution < 1.29 is 28.5 Å². The van der Waals surface area contributed by atoms with Gasteiger partial charge in [0.15, 0.2) is 0 Å². The molecule has 1 N–H and O–H groups in total. The number of halogens is 1. The van der Waals surface area contributed by atoms with Gasteiger partial charge in [0.2, 0.25) is 11.8 Å². The Morgan fingerprint density at radius 2 is 1.94 bits per heavy atom. The lowest BCUT2D eigenvalue weighted by Gasteiger charge is -2.39. The van der Waals surface area contributed by atoms with E-state index < -0.39 is 11.6 Å². The number of hydrogen-bond acceptors (Lipinski definition) is 6. The predicted molar refractivity (Wildman–Crippen MR) is 119 cm³/mol. The Balaban J connectivity index is 1.37. The van der Waals surface area contributed by atoms with E-state index in [9.17, 15) is 14.3 Å². The Kier molecular flexibility index (Phi) is 7.12. The van der Waals surface area contributed by atoms with Crippen LogP contribution in [0.1, 0.15) is 62.0 Å². The van der Waals surface area contributed by atoms with E-state index in [1.807, 2.05) is 12.1 Å². The van der Waals surface area contributed by atoms with Gasteiger partial charge in [-0.05, 0) is 67.9 Å². The molecule has 2 aliphatic rings. The summed E-state index contributed by atoms with van der Waals surface area (Å²) in [6.45, 7) is 0.505. The van der Waals surface area contributed by atoms with Crippen LogP contribution in [-0.2, 0) is 15.1 Å². The van der Waals surface area contributed by atoms with Crippen LogP contribution in [0.2, 0.25) is 0 Å². The second kappa shape index (κ2) is 10.0. The van der Waals surface area contributed by atoms with E-state index in [0.717, 1.165) is 31.2 Å². The molecule has 0 radical (unpaired) electrons. The molecule has 0 amide bonds. The first-order valence-corrected chi connectivity index (χ1v) is 11.5. The molecule has 2 fully saturated rings. The average Bonchev–Trinajstić information content (AvgIpc) is 3.67. The van der Waals surface area contributed by atoms with Crippen LogP contribution in [0.5, 0.6) is 11.8 Å². The van der Waals surface area contributed by atoms with Gasteiger partial charge in [-0.2, -0.15) is 0 Å². The summed E-state index contributed by atoms with van der Waals surface area (Å²) in [5, 5.41) is 9.27. The van der Waals surface area contributed by atoms with Gasteiger partial charge in [0.25, 0.3) is 0 Å². The van der Waals surface area contributed by atoms with Crippen LogP contribution >= 0.6 is 0 Å². The molecule has 33 heavy (non-hydrogen) atoms. The second-order valence-corrected chi connectivity index (χ2v) is 9.13. The monoisotopic (exact) mass is 458 g/mol. The van der Waals surface area contributed by atoms with Crippen LogP contribution in [0, 0.1) is 17.7 Å². The zero-order chi connectivity index (χ0) is 23.4. The molecular weight excluding hydrogens is 427 g/mol. The Hall–Kier alpha value is -2.74. The summed E-state index contributed by atoms with van der Waals surface area (Å²) in [4.78, 5) is 19.5. The van der Waals surface area contributed by atoms with E-state index in [1.54, 1.807) is 19.4 Å². The molecule has 0 bridgehead atoms. The molecule has 1 unspecified atom stereocenters. The molecule has 0 saturated heterocycles. The number of rotatable bonds is 10. The summed E-state index contributed by atoms with van der Waals surface area (Å²) in [5.74, 6) is 0.465. The number of carboxylic acid groups (broad SMARTS) is 1. The van der Waals surface area contributed by atoms with Gasteiger partial charge in [-0.15, -0.1) is 0 Å². The van der Waals surface area contributed by atoms with Crippen molar-refractivity contribution in [3.8, 4) is 11.8 Å². The number of aliphatic carboxylic acids is 1. The third-order valence-electron chi connectivity index (χ3n) is 7.07. The summed E-state index contributed by atoms with van der Waals surface area (Å²) < 4.78 is 31.6. The van der Waals surface area contributed by atoms with Crippen LogP contribution in [-0.4, -0.2) is 41.9 Å². The molecule has 0 aliphatic heterocycles. The average molecular weight is 459 g/mol. The third kappa shape index (κ3) is 5.43. The minimum atomic E-state index is -0.779. The number of aromatic nitrogens is 2. The number of ether oxygens (including phenoxy) is 3. The van der Waals surface area contributed by atoms with Crippen molar-refractivity contribution >= 4 is 5.97 Å². The summed E-state index contributed by atoms with van der Waals surface area (Å²) in [5.41, 5.74) is 0.757. The van der Waals surface area contributed by atoms with Crippen LogP contribution in [0.3, 0.4) is 0 Å². The van der Waals surface area contributed by atoms with Crippen molar-refractivity contribution in [1.82, 2.24) is 9.97 Å². The number of hydrogen-bond donors (Lipinski definition) is 1. The number of nitrogens with zero attached hydrogens (tertiary/aromatic N) is 2. The van der Waals surface area contributed by atoms with Crippen molar-refractivity contribution in [2.24, 2.45) is 11.8 Å². The topological polar surface area (TPSA) is 90.8 Å². The highest BCUT2D eigenvalue weighted by Crippen LogP contribution is 2.45. The number of carboxylic acids is 1. The Labute approximate surface area is 193 Å². The van der Waals surface area contributed by atoms with Crippen molar-refractivity contribution in [3.63, 3.8) is 0 Å². The van der Waals surface area contributed by atoms with Gasteiger partial charge in [-0.3, -0.25) is 4.79 Å². The fourth-order valence-electron chi connectivity index (χ4n) is 4.96. The lowest BCUT2D eigenvalue weighted by atomic mass is 9.75. The molecule has 2 aromatic heterocycles. The molecule has 8 heteroatoms. The summed E-state index contributed by atoms with van der Waals surface area (Å²) in [6, 6.07) is 5.40. The standard InChI is InChI=1S/C25H31FN2O5/c1-31-22-13-20(21(26)14-28-22)25(32-2)8-5-16(6-9-25)15-33-23-11-18(7-10-27-23)19(12-24(29)30)17-3-4-17/h7,10-11,13-14,16-17,19H,3-6,8-9,12,15H2,1-2H3,(H,29,30)/t16-,19?,25-. The van der Waals surface area contributed by atoms with Gasteiger partial charge in [0.05, 0.1) is 31.9 Å². The lowest BCUT2D eigenvalue weighted by molar-refractivity contribution is -0.137. The highest BCUT2D eigenvalue weighted by atomic mass is 19.1. The second-order valence-electron chi connectivity index (χ2n) is 9.13. The molecule has 2 saturated carbocycles. The molecule has 1 atom stereocenters. The zero-order valence-corrected chi connectivity index (χ0v) is 19.1. The lowest BCUT2D eigenvalue weighted by Crippen LogP contribution is -2.36. The summed E-state index contributed by atoms with van der Waals surface area (Å²) >= 11 is 0. The van der Waals surface area contributed by atoms with Crippen LogP contribution < -0.4 is 9.47 Å². The van der Waals surface area contributed by atoms with Crippen LogP contribution in [0.4, 0.5) is 4.39 Å². The van der Waals surface area contributed by atoms with Crippen molar-refractivity contribution in [2.75, 3.05) is 20.8 Å². The van der Waals surface area contributed by atoms with Crippen LogP contribution in [0.15, 0.2) is 30.6 Å². The fourth-order valence-corrected chi connectivity index (χ4v) is 4.96. The third-order valence-corrected chi connectivity index (χ3v) is 7.07. The smallest absolute Gasteiger partial charge is 0.303 e. The maximum atomic E-state index is 14.6. The minimum absolute atomic E-state index is 0.0112. The largest absolute Gasteiger partial charge is 0.481 e. The molecule has 0 aromatic carbocycles. The van der Waals surface area contributed by atoms with E-state index >= 15 is 0 Å². The molecule has 4 rings (SSSR count). The van der Waals surface area contributed by atoms with E-state index in [0.29, 0.717) is 48.6 Å². The Bertz CT molecular complexity index is 973. The molecule has 7 nitrogen and oxygen atoms in total. The van der Waals surface area contributed by atoms with Gasteiger partial charge in [-0.1, -0.05) is 0 Å². The molecule has 2 aliphatic carbocycles. The SMILES string of the molecule is COc1cc([C@]2(OC)CC[C@H](COc3cc(C(CC(=O)O)C4CC4)ccn3)CC2)c(F)cn1. The normalized spacial score (nSPS) is 23.7. The Morgan fingerprint density at radius 3 is 2.58 bits per heavy atom. The van der Waals surface area contributed by atoms with Gasteiger partial charge in [0, 0.05) is 31.0 Å². The quantitative estimate of drug-likeness (QED) is 0.552. The number of carbonyl (C=O) groups is 1. The highest BCUT2D eigenvalue weighted by molar-refractivity contribution is 5.68. The summed E-state index contributed by atoms with van der Waals surface area (Å²) in [6.07, 6.45) is 8.12. The van der Waals surface area contributed by atoms with Gasteiger partial charge >= 0.3 is 5.97 Å². The zero-order valence-electron chi connectivity index (χ0n) is 19.1. The first kappa shape index (κ1) is 23.4.